The van der Waals surface area contributed by atoms with Crippen LogP contribution in [0.3, 0.4) is 0 Å². The molecule has 200 valence electrons. The van der Waals surface area contributed by atoms with Gasteiger partial charge in [0.1, 0.15) is 17.7 Å². The maximum absolute atomic E-state index is 14.1. The Balaban J connectivity index is 0.000000405. The van der Waals surface area contributed by atoms with Crippen molar-refractivity contribution in [1.82, 2.24) is 9.80 Å². The van der Waals surface area contributed by atoms with Gasteiger partial charge in [0.05, 0.1) is 17.7 Å². The fourth-order valence-electron chi connectivity index (χ4n) is 5.91. The molecule has 3 aliphatic heterocycles. The van der Waals surface area contributed by atoms with Crippen LogP contribution in [-0.2, 0) is 9.59 Å². The maximum atomic E-state index is 14.1. The van der Waals surface area contributed by atoms with Crippen molar-refractivity contribution in [2.24, 2.45) is 17.6 Å². The molecule has 6 atom stereocenters. The monoisotopic (exact) mass is 528 g/mol. The van der Waals surface area contributed by atoms with Crippen molar-refractivity contribution in [1.29, 1.82) is 5.26 Å². The Hall–Kier alpha value is -3.27. The second-order valence-electron chi connectivity index (χ2n) is 9.97. The first-order valence-electron chi connectivity index (χ1n) is 11.9. The van der Waals surface area contributed by atoms with Gasteiger partial charge in [-0.15, -0.1) is 0 Å². The number of hydrogen-bond donors (Lipinski definition) is 2. The van der Waals surface area contributed by atoms with E-state index in [9.17, 15) is 36.8 Å². The number of likely N-dealkylation sites (tertiary alicyclic amines) is 1. The molecule has 4 aliphatic rings. The molecule has 1 aromatic carbocycles. The number of carboxylic acids is 1. The van der Waals surface area contributed by atoms with Crippen LogP contribution in [0.15, 0.2) is 18.2 Å². The van der Waals surface area contributed by atoms with Crippen LogP contribution < -0.4 is 5.73 Å². The number of carbonyl (C=O) groups excluding carboxylic acids is 2. The van der Waals surface area contributed by atoms with Crippen molar-refractivity contribution in [3.05, 3.63) is 35.4 Å². The van der Waals surface area contributed by atoms with E-state index in [-0.39, 0.29) is 41.6 Å². The minimum absolute atomic E-state index is 0.0893. The molecule has 2 bridgehead atoms. The topological polar surface area (TPSA) is 128 Å². The zero-order valence-electron chi connectivity index (χ0n) is 19.5. The van der Waals surface area contributed by atoms with Crippen molar-refractivity contribution in [2.75, 3.05) is 0 Å². The lowest BCUT2D eigenvalue weighted by Gasteiger charge is -2.41. The molecule has 0 radical (unpaired) electrons. The van der Waals surface area contributed by atoms with Gasteiger partial charge in [-0.2, -0.15) is 18.4 Å². The van der Waals surface area contributed by atoms with E-state index >= 15 is 0 Å². The number of carbonyl (C=O) groups is 3. The summed E-state index contributed by atoms with van der Waals surface area (Å²) < 4.78 is 59.4. The van der Waals surface area contributed by atoms with Gasteiger partial charge in [0.25, 0.3) is 5.91 Å². The third-order valence-corrected chi connectivity index (χ3v) is 7.71. The fourth-order valence-corrected chi connectivity index (χ4v) is 5.91. The highest BCUT2D eigenvalue weighted by molar-refractivity contribution is 5.95. The van der Waals surface area contributed by atoms with E-state index in [1.807, 2.05) is 0 Å². The Bertz CT molecular complexity index is 1130. The summed E-state index contributed by atoms with van der Waals surface area (Å²) >= 11 is 0. The van der Waals surface area contributed by atoms with Crippen molar-refractivity contribution in [3.63, 3.8) is 0 Å². The Kier molecular flexibility index (Phi) is 7.16. The van der Waals surface area contributed by atoms with Crippen molar-refractivity contribution in [2.45, 2.75) is 74.9 Å². The van der Waals surface area contributed by atoms with E-state index in [2.05, 4.69) is 6.07 Å². The van der Waals surface area contributed by atoms with E-state index < -0.39 is 35.7 Å². The van der Waals surface area contributed by atoms with Crippen molar-refractivity contribution >= 4 is 17.8 Å². The summed E-state index contributed by atoms with van der Waals surface area (Å²) in [5, 5.41) is 16.5. The second-order valence-corrected chi connectivity index (χ2v) is 9.97. The SMILES string of the molecule is N#C[C@@H]1C[C@@H]2C[C@@H]2N1C(=O)[C@@H](N)C1CC2CCC(C1)N2C(=O)c1cc(F)ccc1F.O=C(O)C(F)(F)F. The first-order chi connectivity index (χ1) is 17.3. The van der Waals surface area contributed by atoms with Gasteiger partial charge in [-0.3, -0.25) is 9.59 Å². The van der Waals surface area contributed by atoms with Crippen LogP contribution in [0.4, 0.5) is 22.0 Å². The summed E-state index contributed by atoms with van der Waals surface area (Å²) in [6.07, 6.45) is -0.749. The van der Waals surface area contributed by atoms with Crippen LogP contribution in [0.2, 0.25) is 0 Å². The molecule has 37 heavy (non-hydrogen) atoms. The third-order valence-electron chi connectivity index (χ3n) is 7.71. The van der Waals surface area contributed by atoms with Crippen LogP contribution in [-0.4, -0.2) is 69.1 Å². The van der Waals surface area contributed by atoms with Crippen molar-refractivity contribution in [3.8, 4) is 6.07 Å². The zero-order chi connectivity index (χ0) is 27.2. The molecule has 1 aliphatic carbocycles. The van der Waals surface area contributed by atoms with E-state index in [0.717, 1.165) is 43.9 Å². The molecule has 0 spiro atoms. The fraction of sp³-hybridized carbons (Fsp3) is 0.583. The quantitative estimate of drug-likeness (QED) is 0.581. The summed E-state index contributed by atoms with van der Waals surface area (Å²) in [6, 6.07) is 3.92. The summed E-state index contributed by atoms with van der Waals surface area (Å²) in [7, 11) is 0. The highest BCUT2D eigenvalue weighted by atomic mass is 19.4. The number of piperidine rings is 2. The van der Waals surface area contributed by atoms with Crippen LogP contribution >= 0.6 is 0 Å². The second kappa shape index (κ2) is 9.89. The Morgan fingerprint density at radius 2 is 1.65 bits per heavy atom. The molecule has 2 amide bonds. The number of nitrogens with two attached hydrogens (primary N) is 1. The highest BCUT2D eigenvalue weighted by Gasteiger charge is 2.56. The number of halogens is 5. The third kappa shape index (κ3) is 5.25. The lowest BCUT2D eigenvalue weighted by atomic mass is 9.84. The smallest absolute Gasteiger partial charge is 0.475 e. The molecule has 8 nitrogen and oxygen atoms in total. The lowest BCUT2D eigenvalue weighted by molar-refractivity contribution is -0.192. The molecule has 5 rings (SSSR count). The molecule has 3 N–H and O–H groups in total. The molecule has 1 aromatic rings. The first kappa shape index (κ1) is 26.8. The molecule has 3 saturated heterocycles. The number of aliphatic carboxylic acids is 1. The Morgan fingerprint density at radius 3 is 2.19 bits per heavy atom. The van der Waals surface area contributed by atoms with E-state index in [4.69, 9.17) is 15.6 Å². The number of nitriles is 1. The summed E-state index contributed by atoms with van der Waals surface area (Å²) in [5.74, 6) is -4.45. The highest BCUT2D eigenvalue weighted by Crippen LogP contribution is 2.48. The Morgan fingerprint density at radius 1 is 1.05 bits per heavy atom. The van der Waals surface area contributed by atoms with Crippen LogP contribution in [0.1, 0.15) is 48.9 Å². The van der Waals surface area contributed by atoms with Gasteiger partial charge >= 0.3 is 12.1 Å². The number of alkyl halides is 3. The largest absolute Gasteiger partial charge is 0.490 e. The molecule has 1 saturated carbocycles. The minimum Gasteiger partial charge on any atom is -0.475 e. The summed E-state index contributed by atoms with van der Waals surface area (Å²) in [6.45, 7) is 0. The Labute approximate surface area is 208 Å². The van der Waals surface area contributed by atoms with Gasteiger partial charge in [-0.05, 0) is 68.6 Å². The standard InChI is InChI=1S/C22H24F2N4O2.C2HF3O2/c23-13-1-4-18(24)17(9-13)21(29)27-14-2-3-15(27)7-12(6-14)20(26)22(30)28-16(10-25)5-11-8-19(11)28;3-2(4,5)1(6)7/h1,4,9,11-12,14-16,19-20H,2-3,5-8,26H2;(H,6,7)/t11-,12?,14?,15?,16+,19+,20+;/m1./s1. The average molecular weight is 528 g/mol. The number of nitrogens with zero attached hydrogens (tertiary/aromatic N) is 3. The number of hydrogen-bond acceptors (Lipinski definition) is 5. The summed E-state index contributed by atoms with van der Waals surface area (Å²) in [4.78, 5) is 38.3. The van der Waals surface area contributed by atoms with E-state index in [0.29, 0.717) is 18.8 Å². The number of rotatable bonds is 3. The molecule has 0 aromatic heterocycles. The molecular formula is C24H25F5N4O4. The maximum Gasteiger partial charge on any atom is 0.490 e. The lowest BCUT2D eigenvalue weighted by Crippen LogP contribution is -2.55. The molecule has 4 fully saturated rings. The van der Waals surface area contributed by atoms with Gasteiger partial charge in [-0.25, -0.2) is 13.6 Å². The zero-order valence-corrected chi connectivity index (χ0v) is 19.5. The molecule has 2 unspecified atom stereocenters. The molecule has 13 heteroatoms. The minimum atomic E-state index is -5.08. The van der Waals surface area contributed by atoms with Gasteiger partial charge in [0, 0.05) is 18.1 Å². The summed E-state index contributed by atoms with van der Waals surface area (Å²) in [5.41, 5.74) is 6.13. The first-order valence-corrected chi connectivity index (χ1v) is 11.9. The molecule has 3 heterocycles. The number of fused-ring (bicyclic) bond motifs is 3. The average Bonchev–Trinajstić information content (AvgIpc) is 3.43. The predicted molar refractivity (Wildman–Crippen MR) is 116 cm³/mol. The van der Waals surface area contributed by atoms with Crippen LogP contribution in [0, 0.1) is 34.8 Å². The predicted octanol–water partition coefficient (Wildman–Crippen LogP) is 2.82. The number of carboxylic acid groups (broad SMARTS) is 1. The van der Waals surface area contributed by atoms with Gasteiger partial charge in [0.15, 0.2) is 0 Å². The van der Waals surface area contributed by atoms with Gasteiger partial charge in [-0.1, -0.05) is 0 Å². The number of amides is 2. The van der Waals surface area contributed by atoms with Crippen LogP contribution in [0.5, 0.6) is 0 Å². The van der Waals surface area contributed by atoms with E-state index in [1.54, 1.807) is 9.80 Å². The normalized spacial score (nSPS) is 30.5. The number of benzene rings is 1. The van der Waals surface area contributed by atoms with Crippen molar-refractivity contribution < 1.29 is 41.4 Å². The van der Waals surface area contributed by atoms with Crippen LogP contribution in [0.25, 0.3) is 0 Å². The molecular weight excluding hydrogens is 503 g/mol. The van der Waals surface area contributed by atoms with E-state index in [1.165, 1.54) is 0 Å². The van der Waals surface area contributed by atoms with Gasteiger partial charge in [0.2, 0.25) is 5.91 Å². The van der Waals surface area contributed by atoms with Gasteiger partial charge < -0.3 is 20.6 Å².